The molecule has 0 aromatic heterocycles. The van der Waals surface area contributed by atoms with Crippen LogP contribution in [0.15, 0.2) is 77.9 Å². The number of halogens is 1. The van der Waals surface area contributed by atoms with Gasteiger partial charge in [-0.3, -0.25) is 9.59 Å². The molecule has 0 spiro atoms. The van der Waals surface area contributed by atoms with Crippen molar-refractivity contribution in [2.45, 2.75) is 13.8 Å². The summed E-state index contributed by atoms with van der Waals surface area (Å²) in [5, 5.41) is 7.59. The highest BCUT2D eigenvalue weighted by atomic mass is 35.5. The topological polar surface area (TPSA) is 70.6 Å². The fraction of sp³-hybridized carbons (Fsp3) is 0.0870. The normalized spacial score (nSPS) is 11.1. The summed E-state index contributed by atoms with van der Waals surface area (Å²) in [6, 6.07) is 21.3. The van der Waals surface area contributed by atoms with Crippen LogP contribution in [0.3, 0.4) is 0 Å². The highest BCUT2D eigenvalue weighted by Crippen LogP contribution is 2.14. The van der Waals surface area contributed by atoms with Crippen molar-refractivity contribution in [1.82, 2.24) is 5.43 Å². The number of nitrogens with zero attached hydrogens (tertiary/aromatic N) is 1. The summed E-state index contributed by atoms with van der Waals surface area (Å²) in [5.41, 5.74) is 6.71. The van der Waals surface area contributed by atoms with E-state index in [1.165, 1.54) is 0 Å². The van der Waals surface area contributed by atoms with E-state index in [0.29, 0.717) is 27.5 Å². The molecule has 3 rings (SSSR count). The zero-order valence-corrected chi connectivity index (χ0v) is 16.8. The molecule has 0 aliphatic carbocycles. The fourth-order valence-corrected chi connectivity index (χ4v) is 2.81. The molecule has 0 heterocycles. The Labute approximate surface area is 174 Å². The van der Waals surface area contributed by atoms with Crippen LogP contribution < -0.4 is 10.7 Å². The molecule has 5 nitrogen and oxygen atoms in total. The van der Waals surface area contributed by atoms with Gasteiger partial charge in [0.25, 0.3) is 11.8 Å². The van der Waals surface area contributed by atoms with E-state index in [1.54, 1.807) is 49.4 Å². The predicted octanol–water partition coefficient (Wildman–Crippen LogP) is 5.05. The number of carbonyl (C=O) groups excluding carboxylic acids is 2. The van der Waals surface area contributed by atoms with Crippen LogP contribution in [0.4, 0.5) is 5.69 Å². The Morgan fingerprint density at radius 2 is 1.45 bits per heavy atom. The van der Waals surface area contributed by atoms with Crippen molar-refractivity contribution in [3.8, 4) is 0 Å². The molecule has 0 radical (unpaired) electrons. The van der Waals surface area contributed by atoms with Gasteiger partial charge in [0, 0.05) is 21.8 Å². The average Bonchev–Trinajstić information content (AvgIpc) is 2.73. The van der Waals surface area contributed by atoms with Crippen molar-refractivity contribution in [3.05, 3.63) is 100 Å². The van der Waals surface area contributed by atoms with Gasteiger partial charge in [0.15, 0.2) is 0 Å². The van der Waals surface area contributed by atoms with Crippen molar-refractivity contribution >= 4 is 34.8 Å². The van der Waals surface area contributed by atoms with Crippen LogP contribution in [-0.2, 0) is 0 Å². The maximum absolute atomic E-state index is 12.4. The van der Waals surface area contributed by atoms with E-state index >= 15 is 0 Å². The maximum Gasteiger partial charge on any atom is 0.271 e. The van der Waals surface area contributed by atoms with Crippen LogP contribution in [-0.4, -0.2) is 17.5 Å². The number of carbonyl (C=O) groups is 2. The van der Waals surface area contributed by atoms with Crippen molar-refractivity contribution in [2.75, 3.05) is 5.32 Å². The summed E-state index contributed by atoms with van der Waals surface area (Å²) >= 11 is 5.83. The Bertz CT molecular complexity index is 1060. The van der Waals surface area contributed by atoms with Gasteiger partial charge < -0.3 is 5.32 Å². The van der Waals surface area contributed by atoms with Gasteiger partial charge in [0.2, 0.25) is 0 Å². The Morgan fingerprint density at radius 1 is 0.828 bits per heavy atom. The van der Waals surface area contributed by atoms with E-state index in [9.17, 15) is 9.59 Å². The van der Waals surface area contributed by atoms with Gasteiger partial charge >= 0.3 is 0 Å². The van der Waals surface area contributed by atoms with Crippen molar-refractivity contribution in [2.24, 2.45) is 5.10 Å². The summed E-state index contributed by atoms with van der Waals surface area (Å²) in [6.07, 6.45) is 0. The van der Waals surface area contributed by atoms with E-state index in [4.69, 9.17) is 11.6 Å². The first-order valence-electron chi connectivity index (χ1n) is 9.01. The number of rotatable bonds is 5. The zero-order valence-electron chi connectivity index (χ0n) is 16.1. The number of benzene rings is 3. The lowest BCUT2D eigenvalue weighted by Crippen LogP contribution is -2.19. The number of hydrazone groups is 1. The molecule has 0 aliphatic heterocycles. The molecule has 2 N–H and O–H groups in total. The SMILES string of the molecule is C/C(=N\NC(=O)c1ccc(Cl)cc1)c1ccc(NC(=O)c2ccccc2C)cc1. The van der Waals surface area contributed by atoms with Gasteiger partial charge in [0.1, 0.15) is 0 Å². The monoisotopic (exact) mass is 405 g/mol. The summed E-state index contributed by atoms with van der Waals surface area (Å²) in [7, 11) is 0. The third-order valence-electron chi connectivity index (χ3n) is 4.38. The fourth-order valence-electron chi connectivity index (χ4n) is 2.69. The van der Waals surface area contributed by atoms with E-state index in [1.807, 2.05) is 37.3 Å². The predicted molar refractivity (Wildman–Crippen MR) is 117 cm³/mol. The first-order chi connectivity index (χ1) is 13.9. The molecule has 0 saturated carbocycles. The minimum Gasteiger partial charge on any atom is -0.322 e. The average molecular weight is 406 g/mol. The molecule has 0 aliphatic rings. The van der Waals surface area contributed by atoms with E-state index in [2.05, 4.69) is 15.8 Å². The second kappa shape index (κ2) is 9.17. The van der Waals surface area contributed by atoms with Crippen LogP contribution in [0.25, 0.3) is 0 Å². The summed E-state index contributed by atoms with van der Waals surface area (Å²) in [6.45, 7) is 3.69. The lowest BCUT2D eigenvalue weighted by Gasteiger charge is -2.08. The summed E-state index contributed by atoms with van der Waals surface area (Å²) < 4.78 is 0. The first-order valence-corrected chi connectivity index (χ1v) is 9.39. The van der Waals surface area contributed by atoms with Crippen molar-refractivity contribution in [1.29, 1.82) is 0 Å². The van der Waals surface area contributed by atoms with Crippen LogP contribution in [0.1, 0.15) is 38.8 Å². The third-order valence-corrected chi connectivity index (χ3v) is 4.63. The number of amides is 2. The lowest BCUT2D eigenvalue weighted by atomic mass is 10.1. The quantitative estimate of drug-likeness (QED) is 0.460. The minimum atomic E-state index is -0.317. The summed E-state index contributed by atoms with van der Waals surface area (Å²) in [5.74, 6) is -0.473. The minimum absolute atomic E-state index is 0.156. The smallest absolute Gasteiger partial charge is 0.271 e. The van der Waals surface area contributed by atoms with Crippen molar-refractivity contribution in [3.63, 3.8) is 0 Å². The molecule has 0 unspecified atom stereocenters. The molecular weight excluding hydrogens is 386 g/mol. The van der Waals surface area contributed by atoms with Gasteiger partial charge in [-0.05, 0) is 67.4 Å². The number of hydrogen-bond donors (Lipinski definition) is 2. The van der Waals surface area contributed by atoms with E-state index in [0.717, 1.165) is 11.1 Å². The molecular formula is C23H20ClN3O2. The maximum atomic E-state index is 12.4. The van der Waals surface area contributed by atoms with Crippen LogP contribution >= 0.6 is 11.6 Å². The number of aryl methyl sites for hydroxylation is 1. The summed E-state index contributed by atoms with van der Waals surface area (Å²) in [4.78, 5) is 24.5. The van der Waals surface area contributed by atoms with Gasteiger partial charge in [-0.25, -0.2) is 5.43 Å². The van der Waals surface area contributed by atoms with Crippen molar-refractivity contribution < 1.29 is 9.59 Å². The molecule has 2 amide bonds. The van der Waals surface area contributed by atoms with Gasteiger partial charge in [-0.2, -0.15) is 5.10 Å². The van der Waals surface area contributed by atoms with E-state index in [-0.39, 0.29) is 11.8 Å². The second-order valence-electron chi connectivity index (χ2n) is 6.49. The van der Waals surface area contributed by atoms with Gasteiger partial charge in [0.05, 0.1) is 5.71 Å². The first kappa shape index (κ1) is 20.3. The standard InChI is InChI=1S/C23H20ClN3O2/c1-15-5-3-4-6-21(15)23(29)25-20-13-9-17(10-14-20)16(2)26-27-22(28)18-7-11-19(24)12-8-18/h3-14H,1-2H3,(H,25,29)(H,27,28)/b26-16+. The third kappa shape index (κ3) is 5.30. The number of nitrogens with one attached hydrogen (secondary N) is 2. The molecule has 6 heteroatoms. The molecule has 29 heavy (non-hydrogen) atoms. The molecule has 3 aromatic carbocycles. The highest BCUT2D eigenvalue weighted by Gasteiger charge is 2.09. The van der Waals surface area contributed by atoms with E-state index < -0.39 is 0 Å². The molecule has 0 fully saturated rings. The Morgan fingerprint density at radius 3 is 2.10 bits per heavy atom. The zero-order chi connectivity index (χ0) is 20.8. The molecule has 0 atom stereocenters. The van der Waals surface area contributed by atoms with Gasteiger partial charge in [-0.15, -0.1) is 0 Å². The molecule has 3 aromatic rings. The Kier molecular flexibility index (Phi) is 6.42. The number of anilines is 1. The Hall–Kier alpha value is -3.44. The number of hydrogen-bond acceptors (Lipinski definition) is 3. The van der Waals surface area contributed by atoms with Crippen LogP contribution in [0.2, 0.25) is 5.02 Å². The van der Waals surface area contributed by atoms with Gasteiger partial charge in [-0.1, -0.05) is 41.9 Å². The second-order valence-corrected chi connectivity index (χ2v) is 6.93. The molecule has 0 saturated heterocycles. The lowest BCUT2D eigenvalue weighted by molar-refractivity contribution is 0.0954. The molecule has 0 bridgehead atoms. The molecule has 146 valence electrons. The van der Waals surface area contributed by atoms with Crippen LogP contribution in [0, 0.1) is 6.92 Å². The largest absolute Gasteiger partial charge is 0.322 e. The Balaban J connectivity index is 1.63. The highest BCUT2D eigenvalue weighted by molar-refractivity contribution is 6.30. The van der Waals surface area contributed by atoms with Crippen LogP contribution in [0.5, 0.6) is 0 Å².